The summed E-state index contributed by atoms with van der Waals surface area (Å²) in [6.07, 6.45) is 1.64. The molecular weight excluding hydrogens is 398 g/mol. The summed E-state index contributed by atoms with van der Waals surface area (Å²) in [6, 6.07) is 13.5. The molecule has 3 atom stereocenters. The number of nitrogens with zero attached hydrogens (tertiary/aromatic N) is 1. The normalized spacial score (nSPS) is 25.2. The second kappa shape index (κ2) is 8.15. The summed E-state index contributed by atoms with van der Waals surface area (Å²) < 4.78 is 16.8. The third-order valence-corrected chi connectivity index (χ3v) is 6.08. The number of carbonyl (C=O) groups excluding carboxylic acids is 3. The van der Waals surface area contributed by atoms with E-state index in [0.29, 0.717) is 43.4 Å². The molecule has 5 rings (SSSR count). The third kappa shape index (κ3) is 3.59. The first-order valence-corrected chi connectivity index (χ1v) is 10.6. The van der Waals surface area contributed by atoms with Gasteiger partial charge in [-0.3, -0.25) is 14.4 Å². The number of ether oxygens (including phenoxy) is 3. The summed E-state index contributed by atoms with van der Waals surface area (Å²) >= 11 is 0. The maximum Gasteiger partial charge on any atom is 0.291 e. The van der Waals surface area contributed by atoms with Gasteiger partial charge >= 0.3 is 0 Å². The monoisotopic (exact) mass is 421 g/mol. The number of amides is 1. The Labute approximate surface area is 179 Å². The van der Waals surface area contributed by atoms with Crippen molar-refractivity contribution in [2.45, 2.75) is 25.0 Å². The largest absolute Gasteiger partial charge is 0.486 e. The number of hydrogen-bond acceptors (Lipinski definition) is 6. The third-order valence-electron chi connectivity index (χ3n) is 6.08. The average molecular weight is 421 g/mol. The first kappa shape index (κ1) is 19.8. The summed E-state index contributed by atoms with van der Waals surface area (Å²) in [4.78, 5) is 41.1. The second-order valence-electron chi connectivity index (χ2n) is 8.01. The van der Waals surface area contributed by atoms with Crippen LogP contribution in [0, 0.1) is 5.92 Å². The highest BCUT2D eigenvalue weighted by Gasteiger charge is 2.52. The van der Waals surface area contributed by atoms with E-state index in [0.717, 1.165) is 18.4 Å². The molecule has 3 unspecified atom stereocenters. The van der Waals surface area contributed by atoms with E-state index >= 15 is 0 Å². The number of fused-ring (bicyclic) bond motifs is 1. The molecule has 1 amide bonds. The van der Waals surface area contributed by atoms with Crippen molar-refractivity contribution >= 4 is 17.5 Å². The Morgan fingerprint density at radius 1 is 0.968 bits per heavy atom. The quantitative estimate of drug-likeness (QED) is 0.419. The van der Waals surface area contributed by atoms with Crippen LogP contribution in [0.25, 0.3) is 0 Å². The molecule has 7 nitrogen and oxygen atoms in total. The fraction of sp³-hybridized carbons (Fsp3) is 0.375. The minimum Gasteiger partial charge on any atom is -0.486 e. The molecule has 2 aromatic rings. The maximum absolute atomic E-state index is 13.5. The van der Waals surface area contributed by atoms with E-state index in [4.69, 9.17) is 14.2 Å². The predicted octanol–water partition coefficient (Wildman–Crippen LogP) is 2.59. The van der Waals surface area contributed by atoms with E-state index in [1.54, 1.807) is 18.2 Å². The van der Waals surface area contributed by atoms with Gasteiger partial charge in [0.1, 0.15) is 19.1 Å². The molecule has 0 N–H and O–H groups in total. The first-order valence-electron chi connectivity index (χ1n) is 10.6. The van der Waals surface area contributed by atoms with Crippen molar-refractivity contribution in [3.63, 3.8) is 0 Å². The molecule has 0 bridgehead atoms. The van der Waals surface area contributed by atoms with Crippen LogP contribution in [0.3, 0.4) is 0 Å². The van der Waals surface area contributed by atoms with Crippen LogP contribution in [0.5, 0.6) is 11.5 Å². The van der Waals surface area contributed by atoms with Gasteiger partial charge in [0.05, 0.1) is 12.1 Å². The Morgan fingerprint density at radius 2 is 1.74 bits per heavy atom. The van der Waals surface area contributed by atoms with Gasteiger partial charge in [-0.25, -0.2) is 0 Å². The topological polar surface area (TPSA) is 82.1 Å². The van der Waals surface area contributed by atoms with Gasteiger partial charge in [-0.15, -0.1) is 0 Å². The second-order valence-corrected chi connectivity index (χ2v) is 8.01. The van der Waals surface area contributed by atoms with Crippen LogP contribution < -0.4 is 9.47 Å². The molecule has 3 heterocycles. The smallest absolute Gasteiger partial charge is 0.291 e. The standard InChI is InChI=1S/C24H23NO6/c26-22(16-8-9-18-19(13-16)31-12-11-30-18)20-21(15-5-2-1-3-6-15)25(24(28)23(20)27)14-17-7-4-10-29-17/h1-3,5-6,8-9,13,17,20-21H,4,7,10-12,14H2. The summed E-state index contributed by atoms with van der Waals surface area (Å²) in [5.41, 5.74) is 1.09. The number of likely N-dealkylation sites (tertiary alicyclic amines) is 1. The molecule has 7 heteroatoms. The van der Waals surface area contributed by atoms with Crippen molar-refractivity contribution in [1.29, 1.82) is 0 Å². The van der Waals surface area contributed by atoms with Gasteiger partial charge in [-0.05, 0) is 36.6 Å². The molecule has 0 aliphatic carbocycles. The molecule has 2 fully saturated rings. The zero-order valence-corrected chi connectivity index (χ0v) is 17.0. The van der Waals surface area contributed by atoms with Gasteiger partial charge in [0.2, 0.25) is 5.78 Å². The van der Waals surface area contributed by atoms with Crippen LogP contribution >= 0.6 is 0 Å². The highest BCUT2D eigenvalue weighted by molar-refractivity contribution is 6.44. The number of Topliss-reactive ketones (excluding diaryl/α,β-unsaturated/α-hetero) is 2. The zero-order valence-electron chi connectivity index (χ0n) is 17.0. The number of rotatable bonds is 5. The lowest BCUT2D eigenvalue weighted by Crippen LogP contribution is -2.36. The van der Waals surface area contributed by atoms with E-state index in [1.807, 2.05) is 30.3 Å². The average Bonchev–Trinajstić information content (AvgIpc) is 3.41. The van der Waals surface area contributed by atoms with Gasteiger partial charge in [0.15, 0.2) is 17.3 Å². The van der Waals surface area contributed by atoms with Gasteiger partial charge in [-0.1, -0.05) is 30.3 Å². The van der Waals surface area contributed by atoms with Crippen molar-refractivity contribution in [3.8, 4) is 11.5 Å². The summed E-state index contributed by atoms with van der Waals surface area (Å²) in [6.45, 7) is 1.79. The summed E-state index contributed by atoms with van der Waals surface area (Å²) in [5.74, 6) is -1.76. The molecule has 160 valence electrons. The van der Waals surface area contributed by atoms with Gasteiger partial charge in [0.25, 0.3) is 5.91 Å². The predicted molar refractivity (Wildman–Crippen MR) is 110 cm³/mol. The zero-order chi connectivity index (χ0) is 21.4. The highest BCUT2D eigenvalue weighted by atomic mass is 16.6. The van der Waals surface area contributed by atoms with Crippen molar-refractivity contribution < 1.29 is 28.6 Å². The van der Waals surface area contributed by atoms with E-state index in [2.05, 4.69) is 0 Å². The van der Waals surface area contributed by atoms with Crippen LogP contribution in [0.15, 0.2) is 48.5 Å². The Hall–Kier alpha value is -3.19. The molecule has 2 aromatic carbocycles. The fourth-order valence-electron chi connectivity index (χ4n) is 4.59. The SMILES string of the molecule is O=C1C(=O)N(CC2CCCO2)C(c2ccccc2)C1C(=O)c1ccc2c(c1)OCCO2. The molecule has 0 spiro atoms. The summed E-state index contributed by atoms with van der Waals surface area (Å²) in [5, 5.41) is 0. The summed E-state index contributed by atoms with van der Waals surface area (Å²) in [7, 11) is 0. The van der Waals surface area contributed by atoms with Gasteiger partial charge in [-0.2, -0.15) is 0 Å². The molecule has 0 saturated carbocycles. The molecule has 0 radical (unpaired) electrons. The van der Waals surface area contributed by atoms with Crippen LogP contribution in [0.4, 0.5) is 0 Å². The Kier molecular flexibility index (Phi) is 5.19. The molecular formula is C24H23NO6. The Morgan fingerprint density at radius 3 is 2.48 bits per heavy atom. The lowest BCUT2D eigenvalue weighted by atomic mass is 9.86. The Balaban J connectivity index is 1.51. The number of carbonyl (C=O) groups is 3. The highest BCUT2D eigenvalue weighted by Crippen LogP contribution is 2.40. The van der Waals surface area contributed by atoms with Crippen LogP contribution in [0.1, 0.15) is 34.8 Å². The van der Waals surface area contributed by atoms with Crippen LogP contribution in [0.2, 0.25) is 0 Å². The maximum atomic E-state index is 13.5. The molecule has 31 heavy (non-hydrogen) atoms. The number of benzene rings is 2. The van der Waals surface area contributed by atoms with E-state index in [9.17, 15) is 14.4 Å². The van der Waals surface area contributed by atoms with Crippen LogP contribution in [-0.4, -0.2) is 54.8 Å². The van der Waals surface area contributed by atoms with Gasteiger partial charge < -0.3 is 19.1 Å². The number of hydrogen-bond donors (Lipinski definition) is 0. The van der Waals surface area contributed by atoms with Crippen molar-refractivity contribution in [2.24, 2.45) is 5.92 Å². The van der Waals surface area contributed by atoms with Crippen LogP contribution in [-0.2, 0) is 14.3 Å². The van der Waals surface area contributed by atoms with E-state index < -0.39 is 23.7 Å². The minimum absolute atomic E-state index is 0.119. The lowest BCUT2D eigenvalue weighted by molar-refractivity contribution is -0.141. The van der Waals surface area contributed by atoms with Gasteiger partial charge in [0, 0.05) is 18.7 Å². The molecule has 3 aliphatic rings. The molecule has 2 saturated heterocycles. The molecule has 3 aliphatic heterocycles. The Bertz CT molecular complexity index is 1010. The fourth-order valence-corrected chi connectivity index (χ4v) is 4.59. The number of ketones is 2. The van der Waals surface area contributed by atoms with E-state index in [-0.39, 0.29) is 11.9 Å². The minimum atomic E-state index is -1.11. The molecule has 0 aromatic heterocycles. The first-order chi connectivity index (χ1) is 15.1. The van der Waals surface area contributed by atoms with Crippen molar-refractivity contribution in [1.82, 2.24) is 4.90 Å². The van der Waals surface area contributed by atoms with Crippen molar-refractivity contribution in [2.75, 3.05) is 26.4 Å². The van der Waals surface area contributed by atoms with E-state index in [1.165, 1.54) is 4.90 Å². The van der Waals surface area contributed by atoms with Crippen molar-refractivity contribution in [3.05, 3.63) is 59.7 Å². The lowest BCUT2D eigenvalue weighted by Gasteiger charge is -2.29.